The average molecular weight is 334 g/mol. The van der Waals surface area contributed by atoms with Crippen LogP contribution in [0, 0.1) is 18.6 Å². The first-order valence-electron chi connectivity index (χ1n) is 6.67. The molecule has 0 saturated carbocycles. The zero-order valence-corrected chi connectivity index (χ0v) is 12.7. The Morgan fingerprint density at radius 3 is 2.61 bits per heavy atom. The first kappa shape index (κ1) is 15.4. The summed E-state index contributed by atoms with van der Waals surface area (Å²) < 4.78 is 27.4. The van der Waals surface area contributed by atoms with Crippen LogP contribution in [0.1, 0.15) is 15.9 Å². The van der Waals surface area contributed by atoms with E-state index in [1.54, 1.807) is 19.1 Å². The van der Waals surface area contributed by atoms with Gasteiger partial charge in [0.05, 0.1) is 16.8 Å². The van der Waals surface area contributed by atoms with E-state index in [4.69, 9.17) is 11.6 Å². The normalized spacial score (nSPS) is 11.0. The van der Waals surface area contributed by atoms with Crippen molar-refractivity contribution in [2.24, 2.45) is 0 Å². The van der Waals surface area contributed by atoms with E-state index in [-0.39, 0.29) is 16.8 Å². The number of nitrogens with zero attached hydrogens (tertiary/aromatic N) is 1. The van der Waals surface area contributed by atoms with Crippen LogP contribution < -0.4 is 0 Å². The molecule has 0 aliphatic rings. The fourth-order valence-electron chi connectivity index (χ4n) is 2.41. The molecule has 1 aromatic heterocycles. The van der Waals surface area contributed by atoms with Crippen molar-refractivity contribution >= 4 is 28.5 Å². The van der Waals surface area contributed by atoms with Gasteiger partial charge in [-0.05, 0) is 42.8 Å². The van der Waals surface area contributed by atoms with Crippen molar-refractivity contribution in [2.45, 2.75) is 6.92 Å². The second-order valence-electron chi connectivity index (χ2n) is 5.05. The number of fused-ring (bicyclic) bond motifs is 1. The smallest absolute Gasteiger partial charge is 0.336 e. The van der Waals surface area contributed by atoms with Gasteiger partial charge in [-0.1, -0.05) is 17.7 Å². The Balaban J connectivity index is 2.41. The molecular formula is C17H10ClF2NO2. The van der Waals surface area contributed by atoms with Crippen LogP contribution >= 0.6 is 11.6 Å². The van der Waals surface area contributed by atoms with Crippen molar-refractivity contribution < 1.29 is 18.7 Å². The largest absolute Gasteiger partial charge is 0.478 e. The molecule has 23 heavy (non-hydrogen) atoms. The number of carboxylic acid groups (broad SMARTS) is 1. The van der Waals surface area contributed by atoms with Gasteiger partial charge in [-0.25, -0.2) is 18.6 Å². The van der Waals surface area contributed by atoms with Crippen molar-refractivity contribution in [1.82, 2.24) is 4.98 Å². The third kappa shape index (κ3) is 2.64. The summed E-state index contributed by atoms with van der Waals surface area (Å²) in [6, 6.07) is 7.30. The molecular weight excluding hydrogens is 324 g/mol. The van der Waals surface area contributed by atoms with Gasteiger partial charge in [0.1, 0.15) is 11.6 Å². The summed E-state index contributed by atoms with van der Waals surface area (Å²) in [7, 11) is 0. The molecule has 3 nitrogen and oxygen atoms in total. The lowest BCUT2D eigenvalue weighted by atomic mass is 10.0. The zero-order valence-electron chi connectivity index (χ0n) is 11.9. The highest BCUT2D eigenvalue weighted by Gasteiger charge is 2.17. The van der Waals surface area contributed by atoms with E-state index >= 15 is 0 Å². The van der Waals surface area contributed by atoms with Crippen LogP contribution in [0.4, 0.5) is 8.78 Å². The van der Waals surface area contributed by atoms with Crippen molar-refractivity contribution in [3.05, 3.63) is 64.2 Å². The number of carboxylic acids is 1. The number of aromatic carboxylic acids is 1. The Labute approximate surface area is 135 Å². The molecule has 0 spiro atoms. The zero-order chi connectivity index (χ0) is 16.7. The Bertz CT molecular complexity index is 957. The summed E-state index contributed by atoms with van der Waals surface area (Å²) in [5.74, 6) is -2.51. The van der Waals surface area contributed by atoms with Gasteiger partial charge >= 0.3 is 5.97 Å². The summed E-state index contributed by atoms with van der Waals surface area (Å²) in [6.45, 7) is 1.69. The number of carbonyl (C=O) groups is 1. The van der Waals surface area contributed by atoms with E-state index in [1.165, 1.54) is 6.07 Å². The van der Waals surface area contributed by atoms with Crippen LogP contribution in [-0.4, -0.2) is 16.1 Å². The SMILES string of the molecule is Cc1c(Cl)ccc2c(C(=O)O)cc(-c3cc(F)ccc3F)nc12. The third-order valence-corrected chi connectivity index (χ3v) is 4.01. The number of hydrogen-bond acceptors (Lipinski definition) is 2. The number of pyridine rings is 1. The number of aromatic nitrogens is 1. The molecule has 0 aliphatic carbocycles. The first-order valence-corrected chi connectivity index (χ1v) is 7.05. The molecule has 3 rings (SSSR count). The van der Waals surface area contributed by atoms with Gasteiger partial charge < -0.3 is 5.11 Å². The quantitative estimate of drug-likeness (QED) is 0.730. The molecule has 0 aliphatic heterocycles. The summed E-state index contributed by atoms with van der Waals surface area (Å²) in [5.41, 5.74) is 0.806. The van der Waals surface area contributed by atoms with Crippen LogP contribution in [0.2, 0.25) is 5.02 Å². The van der Waals surface area contributed by atoms with Crippen molar-refractivity contribution in [3.63, 3.8) is 0 Å². The summed E-state index contributed by atoms with van der Waals surface area (Å²) in [5, 5.41) is 10.2. The van der Waals surface area contributed by atoms with Gasteiger partial charge in [0, 0.05) is 16.0 Å². The van der Waals surface area contributed by atoms with Crippen LogP contribution in [0.25, 0.3) is 22.2 Å². The topological polar surface area (TPSA) is 50.2 Å². The number of rotatable bonds is 2. The molecule has 0 fully saturated rings. The summed E-state index contributed by atoms with van der Waals surface area (Å²) >= 11 is 6.05. The number of aryl methyl sites for hydroxylation is 1. The second-order valence-corrected chi connectivity index (χ2v) is 5.46. The van der Waals surface area contributed by atoms with E-state index in [1.807, 2.05) is 0 Å². The Hall–Kier alpha value is -2.53. The first-order chi connectivity index (χ1) is 10.9. The maximum absolute atomic E-state index is 14.0. The molecule has 0 bridgehead atoms. The Kier molecular flexibility index (Phi) is 3.74. The number of hydrogen-bond donors (Lipinski definition) is 1. The fourth-order valence-corrected chi connectivity index (χ4v) is 2.57. The van der Waals surface area contributed by atoms with Crippen LogP contribution in [0.5, 0.6) is 0 Å². The minimum atomic E-state index is -1.18. The summed E-state index contributed by atoms with van der Waals surface area (Å²) in [4.78, 5) is 15.8. The highest BCUT2D eigenvalue weighted by Crippen LogP contribution is 2.31. The van der Waals surface area contributed by atoms with Gasteiger partial charge in [-0.2, -0.15) is 0 Å². The van der Waals surface area contributed by atoms with E-state index in [0.29, 0.717) is 21.5 Å². The maximum atomic E-state index is 14.0. The monoisotopic (exact) mass is 333 g/mol. The molecule has 0 saturated heterocycles. The van der Waals surface area contributed by atoms with Gasteiger partial charge in [0.2, 0.25) is 0 Å². The molecule has 6 heteroatoms. The van der Waals surface area contributed by atoms with Crippen molar-refractivity contribution in [3.8, 4) is 11.3 Å². The van der Waals surface area contributed by atoms with Crippen molar-refractivity contribution in [1.29, 1.82) is 0 Å². The van der Waals surface area contributed by atoms with Gasteiger partial charge in [0.25, 0.3) is 0 Å². The molecule has 2 aromatic carbocycles. The maximum Gasteiger partial charge on any atom is 0.336 e. The predicted octanol–water partition coefficient (Wildman–Crippen LogP) is 4.84. The van der Waals surface area contributed by atoms with Gasteiger partial charge in [-0.3, -0.25) is 0 Å². The minimum Gasteiger partial charge on any atom is -0.478 e. The van der Waals surface area contributed by atoms with Crippen molar-refractivity contribution in [2.75, 3.05) is 0 Å². The predicted molar refractivity (Wildman–Crippen MR) is 83.8 cm³/mol. The molecule has 0 amide bonds. The van der Waals surface area contributed by atoms with E-state index < -0.39 is 17.6 Å². The molecule has 0 unspecified atom stereocenters. The van der Waals surface area contributed by atoms with E-state index in [0.717, 1.165) is 18.2 Å². The van der Waals surface area contributed by atoms with E-state index in [9.17, 15) is 18.7 Å². The lowest BCUT2D eigenvalue weighted by Gasteiger charge is -2.10. The molecule has 116 valence electrons. The molecule has 1 heterocycles. The molecule has 1 N–H and O–H groups in total. The Morgan fingerprint density at radius 1 is 1.17 bits per heavy atom. The molecule has 0 atom stereocenters. The number of halogens is 3. The highest BCUT2D eigenvalue weighted by atomic mass is 35.5. The second kappa shape index (κ2) is 5.59. The highest BCUT2D eigenvalue weighted by molar-refractivity contribution is 6.32. The lowest BCUT2D eigenvalue weighted by Crippen LogP contribution is -2.02. The lowest BCUT2D eigenvalue weighted by molar-refractivity contribution is 0.0699. The summed E-state index contributed by atoms with van der Waals surface area (Å²) in [6.07, 6.45) is 0. The van der Waals surface area contributed by atoms with Gasteiger partial charge in [-0.15, -0.1) is 0 Å². The van der Waals surface area contributed by atoms with Crippen LogP contribution in [-0.2, 0) is 0 Å². The van der Waals surface area contributed by atoms with Gasteiger partial charge in [0.15, 0.2) is 0 Å². The standard InChI is InChI=1S/C17H10ClF2NO2/c1-8-13(18)4-3-10-11(17(22)23)7-15(21-16(8)10)12-6-9(19)2-5-14(12)20/h2-7H,1H3,(H,22,23). The third-order valence-electron chi connectivity index (χ3n) is 3.60. The number of benzene rings is 2. The van der Waals surface area contributed by atoms with Crippen LogP contribution in [0.15, 0.2) is 36.4 Å². The molecule has 0 radical (unpaired) electrons. The Morgan fingerprint density at radius 2 is 1.91 bits per heavy atom. The van der Waals surface area contributed by atoms with Crippen LogP contribution in [0.3, 0.4) is 0 Å². The molecule has 3 aromatic rings. The average Bonchev–Trinajstić information content (AvgIpc) is 2.52. The minimum absolute atomic E-state index is 0.0391. The van der Waals surface area contributed by atoms with E-state index in [2.05, 4.69) is 4.98 Å². The fraction of sp³-hybridized carbons (Fsp3) is 0.0588.